The van der Waals surface area contributed by atoms with Crippen LogP contribution in [0, 0.1) is 53.7 Å². The summed E-state index contributed by atoms with van der Waals surface area (Å²) in [5.41, 5.74) is 5.59. The van der Waals surface area contributed by atoms with E-state index in [9.17, 15) is 8.78 Å². The summed E-state index contributed by atoms with van der Waals surface area (Å²) in [6.45, 7) is 13.6. The predicted molar refractivity (Wildman–Crippen MR) is 303 cm³/mol. The quantitative estimate of drug-likeness (QED) is 0.107. The Labute approximate surface area is 474 Å². The second-order valence-corrected chi connectivity index (χ2v) is 21.7. The Morgan fingerprint density at radius 3 is 1.64 bits per heavy atom. The van der Waals surface area contributed by atoms with E-state index in [0.717, 1.165) is 55.4 Å². The van der Waals surface area contributed by atoms with Crippen molar-refractivity contribution in [2.45, 2.75) is 52.4 Å². The standard InChI is InChI=1S/C68H49F6N4O.Pt/c1-67(2,3)42-26-27-75-63(32-42)78-59-21-13-12-20-51(59)52-25-24-47(38-62(52)78)79-48-29-41(50-19-11-10-18-49(50)40-16-8-7-9-17-40)28-46(37-48)76-39-77(61-23-15-14-22-60(61)76)66-53(64-55(71)33-44(69)34-56(64)72)30-43(68(4,5)6)31-54(66)65-57(73)35-45(70)36-58(65)74;/h7-36,39H,1-6H3;/q-3;. The maximum absolute atomic E-state index is 16.4. The first kappa shape index (κ1) is 53.6. The third-order valence-electron chi connectivity index (χ3n) is 14.4. The van der Waals surface area contributed by atoms with Gasteiger partial charge in [0, 0.05) is 96.7 Å². The largest absolute Gasteiger partial charge is 0.509 e. The third-order valence-corrected chi connectivity index (χ3v) is 14.4. The Kier molecular flexibility index (Phi) is 13.9. The van der Waals surface area contributed by atoms with Crippen molar-refractivity contribution in [2.24, 2.45) is 0 Å². The smallest absolute Gasteiger partial charge is 0.136 e. The zero-order chi connectivity index (χ0) is 55.1. The number of aromatic nitrogens is 2. The number of rotatable bonds is 9. The van der Waals surface area contributed by atoms with E-state index in [-0.39, 0.29) is 43.3 Å². The van der Waals surface area contributed by atoms with Crippen LogP contribution in [0.4, 0.5) is 49.1 Å². The number of hydrogen-bond donors (Lipinski definition) is 0. The van der Waals surface area contributed by atoms with Gasteiger partial charge in [0.1, 0.15) is 40.7 Å². The van der Waals surface area contributed by atoms with Gasteiger partial charge in [0.25, 0.3) is 0 Å². The molecule has 9 aromatic carbocycles. The Hall–Kier alpha value is -8.40. The molecule has 0 fully saturated rings. The van der Waals surface area contributed by atoms with Gasteiger partial charge in [-0.3, -0.25) is 0 Å². The molecule has 402 valence electrons. The fourth-order valence-corrected chi connectivity index (χ4v) is 10.6. The van der Waals surface area contributed by atoms with Crippen LogP contribution in [0.25, 0.3) is 72.1 Å². The van der Waals surface area contributed by atoms with Gasteiger partial charge in [-0.25, -0.2) is 31.3 Å². The van der Waals surface area contributed by atoms with Gasteiger partial charge in [-0.05, 0) is 86.5 Å². The molecule has 1 aliphatic heterocycles. The minimum atomic E-state index is -1.25. The van der Waals surface area contributed by atoms with Gasteiger partial charge >= 0.3 is 0 Å². The molecule has 0 amide bonds. The van der Waals surface area contributed by atoms with Crippen LogP contribution >= 0.6 is 0 Å². The van der Waals surface area contributed by atoms with Gasteiger partial charge < -0.3 is 19.1 Å². The molecule has 0 bridgehead atoms. The Morgan fingerprint density at radius 2 is 1.02 bits per heavy atom. The van der Waals surface area contributed by atoms with Crippen LogP contribution in [-0.4, -0.2) is 9.55 Å². The molecule has 2 aromatic heterocycles. The molecule has 80 heavy (non-hydrogen) atoms. The van der Waals surface area contributed by atoms with E-state index in [0.29, 0.717) is 58.4 Å². The average Bonchev–Trinajstić information content (AvgIpc) is 4.08. The summed E-state index contributed by atoms with van der Waals surface area (Å²) in [4.78, 5) is 8.24. The van der Waals surface area contributed by atoms with Crippen molar-refractivity contribution in [1.82, 2.24) is 9.55 Å². The van der Waals surface area contributed by atoms with Crippen LogP contribution in [0.1, 0.15) is 52.7 Å². The summed E-state index contributed by atoms with van der Waals surface area (Å²) < 4.78 is 104. The van der Waals surface area contributed by atoms with Crippen LogP contribution in [0.5, 0.6) is 11.5 Å². The zero-order valence-corrected chi connectivity index (χ0v) is 46.5. The van der Waals surface area contributed by atoms with Crippen molar-refractivity contribution in [2.75, 3.05) is 9.80 Å². The van der Waals surface area contributed by atoms with E-state index in [1.54, 1.807) is 40.7 Å². The predicted octanol–water partition coefficient (Wildman–Crippen LogP) is 19.1. The van der Waals surface area contributed by atoms with Crippen LogP contribution in [0.3, 0.4) is 0 Å². The topological polar surface area (TPSA) is 33.5 Å². The van der Waals surface area contributed by atoms with E-state index in [2.05, 4.69) is 55.7 Å². The molecule has 0 aliphatic carbocycles. The number of benzene rings is 9. The maximum atomic E-state index is 16.4. The second-order valence-electron chi connectivity index (χ2n) is 21.7. The van der Waals surface area contributed by atoms with Crippen molar-refractivity contribution in [3.63, 3.8) is 0 Å². The van der Waals surface area contributed by atoms with Crippen molar-refractivity contribution in [1.29, 1.82) is 0 Å². The second kappa shape index (κ2) is 20.7. The van der Waals surface area contributed by atoms with Crippen LogP contribution in [0.15, 0.2) is 182 Å². The molecule has 0 atom stereocenters. The molecule has 0 radical (unpaired) electrons. The SMILES string of the molecule is CC(C)(C)c1ccnc(-n2c3[c-]c(Oc4[c-]c(N5[CH-]N(c6c(-c7c(F)cc(F)cc7F)cc(C(C)(C)C)cc6-c6c(F)cc(F)cc6F)c6ccccc65)cc(-c5ccccc5-c5ccccc5)c4)ccc3c3ccccc32)c1.[Pt]. The Bertz CT molecular complexity index is 4100. The number of pyridine rings is 1. The monoisotopic (exact) mass is 1250 g/mol. The van der Waals surface area contributed by atoms with Gasteiger partial charge in [-0.15, -0.1) is 53.6 Å². The molecule has 0 saturated carbocycles. The number of nitrogens with zero attached hydrogens (tertiary/aromatic N) is 4. The molecule has 0 N–H and O–H groups in total. The molecule has 11 aromatic rings. The maximum Gasteiger partial charge on any atom is 0.136 e. The molecule has 0 saturated heterocycles. The van der Waals surface area contributed by atoms with Gasteiger partial charge in [-0.1, -0.05) is 132 Å². The zero-order valence-electron chi connectivity index (χ0n) is 44.2. The number of ether oxygens (including phenoxy) is 1. The van der Waals surface area contributed by atoms with E-state index >= 15 is 17.6 Å². The Balaban J connectivity index is 0.00000675. The van der Waals surface area contributed by atoms with Gasteiger partial charge in [0.05, 0.1) is 11.1 Å². The number of hydrogen-bond acceptors (Lipinski definition) is 4. The first-order chi connectivity index (χ1) is 37.9. The number of fused-ring (bicyclic) bond motifs is 4. The van der Waals surface area contributed by atoms with E-state index in [4.69, 9.17) is 9.72 Å². The molecule has 0 unspecified atom stereocenters. The first-order valence-electron chi connectivity index (χ1n) is 25.7. The number of para-hydroxylation sites is 3. The molecule has 12 rings (SSSR count). The number of anilines is 4. The summed E-state index contributed by atoms with van der Waals surface area (Å²) in [5, 5.41) is 1.96. The van der Waals surface area contributed by atoms with Crippen molar-refractivity contribution < 1.29 is 52.1 Å². The molecule has 3 heterocycles. The van der Waals surface area contributed by atoms with Gasteiger partial charge in [0.2, 0.25) is 0 Å². The normalized spacial score (nSPS) is 12.6. The molecule has 12 heteroatoms. The van der Waals surface area contributed by atoms with Crippen LogP contribution in [-0.2, 0) is 31.9 Å². The molecule has 5 nitrogen and oxygen atoms in total. The van der Waals surface area contributed by atoms with Crippen molar-refractivity contribution >= 4 is 44.6 Å². The summed E-state index contributed by atoms with van der Waals surface area (Å²) in [6.07, 6.45) is 1.82. The van der Waals surface area contributed by atoms with Crippen LogP contribution < -0.4 is 14.5 Å². The van der Waals surface area contributed by atoms with Crippen molar-refractivity contribution in [3.8, 4) is 61.8 Å². The van der Waals surface area contributed by atoms with Gasteiger partial charge in [-0.2, -0.15) is 6.07 Å². The van der Waals surface area contributed by atoms with Crippen molar-refractivity contribution in [3.05, 3.63) is 247 Å². The number of halogens is 6. The summed E-state index contributed by atoms with van der Waals surface area (Å²) in [6, 6.07) is 57.5. The Morgan fingerprint density at radius 1 is 0.475 bits per heavy atom. The fourth-order valence-electron chi connectivity index (χ4n) is 10.6. The fraction of sp³-hybridized carbons (Fsp3) is 0.118. The molecule has 1 aliphatic rings. The average molecular weight is 1250 g/mol. The van der Waals surface area contributed by atoms with E-state index in [1.165, 1.54) is 0 Å². The van der Waals surface area contributed by atoms with Gasteiger partial charge in [0.15, 0.2) is 0 Å². The van der Waals surface area contributed by atoms with E-state index in [1.807, 2.05) is 136 Å². The minimum absolute atomic E-state index is 0. The molecular formula is C68H49F6N4OPt-3. The molecular weight excluding hydrogens is 1200 g/mol. The first-order valence-corrected chi connectivity index (χ1v) is 25.7. The summed E-state index contributed by atoms with van der Waals surface area (Å²) in [5.74, 6) is -5.89. The molecule has 0 spiro atoms. The summed E-state index contributed by atoms with van der Waals surface area (Å²) in [7, 11) is 0. The third kappa shape index (κ3) is 9.72. The summed E-state index contributed by atoms with van der Waals surface area (Å²) >= 11 is 0. The van der Waals surface area contributed by atoms with E-state index < -0.39 is 51.4 Å². The minimum Gasteiger partial charge on any atom is -0.509 e. The van der Waals surface area contributed by atoms with Crippen LogP contribution in [0.2, 0.25) is 0 Å².